The zero-order chi connectivity index (χ0) is 15.6. The number of carbonyl (C=O) groups is 1. The van der Waals surface area contributed by atoms with Crippen LogP contribution in [0.4, 0.5) is 0 Å². The van der Waals surface area contributed by atoms with E-state index in [9.17, 15) is 4.79 Å². The number of hydrogen-bond acceptors (Lipinski definition) is 5. The van der Waals surface area contributed by atoms with Crippen LogP contribution in [0.2, 0.25) is 0 Å². The number of carbonyl (C=O) groups excluding carboxylic acids is 1. The molecule has 1 amide bonds. The summed E-state index contributed by atoms with van der Waals surface area (Å²) in [5.41, 5.74) is 1.94. The maximum absolute atomic E-state index is 12.2. The molecule has 0 radical (unpaired) electrons. The Morgan fingerprint density at radius 3 is 2.33 bits per heavy atom. The predicted molar refractivity (Wildman–Crippen MR) is 88.1 cm³/mol. The van der Waals surface area contributed by atoms with Gasteiger partial charge in [-0.2, -0.15) is 0 Å². The number of nitrogens with zero attached hydrogens (tertiary/aromatic N) is 2. The lowest BCUT2D eigenvalue weighted by atomic mass is 10.2. The van der Waals surface area contributed by atoms with Gasteiger partial charge < -0.3 is 5.32 Å². The van der Waals surface area contributed by atoms with Gasteiger partial charge in [-0.15, -0.1) is 22.7 Å². The van der Waals surface area contributed by atoms with E-state index in [-0.39, 0.29) is 11.9 Å². The number of nitrogens with one attached hydrogen (secondary N) is 1. The Kier molecular flexibility index (Phi) is 5.11. The fourth-order valence-electron chi connectivity index (χ4n) is 2.12. The van der Waals surface area contributed by atoms with Crippen LogP contribution in [0.3, 0.4) is 0 Å². The summed E-state index contributed by atoms with van der Waals surface area (Å²) in [4.78, 5) is 23.5. The second-order valence-electron chi connectivity index (χ2n) is 5.13. The molecule has 21 heavy (non-hydrogen) atoms. The molecule has 0 saturated carbocycles. The number of amides is 1. The van der Waals surface area contributed by atoms with Crippen molar-refractivity contribution in [2.24, 2.45) is 0 Å². The van der Waals surface area contributed by atoms with Crippen LogP contribution in [0.1, 0.15) is 50.5 Å². The lowest BCUT2D eigenvalue weighted by molar-refractivity contribution is -0.121. The maximum Gasteiger partial charge on any atom is 0.226 e. The van der Waals surface area contributed by atoms with E-state index in [1.807, 2.05) is 20.8 Å². The topological polar surface area (TPSA) is 54.9 Å². The summed E-state index contributed by atoms with van der Waals surface area (Å²) in [5, 5.41) is 5.08. The Balaban J connectivity index is 2.04. The SMILES string of the molecule is CC[C@H](NC(=O)Cc1nc(C)sc1C)c1nc(C)c(C)s1. The average molecular weight is 323 g/mol. The fraction of sp³-hybridized carbons (Fsp3) is 0.533. The highest BCUT2D eigenvalue weighted by Crippen LogP contribution is 2.25. The van der Waals surface area contributed by atoms with Crippen molar-refractivity contribution in [1.82, 2.24) is 15.3 Å². The Morgan fingerprint density at radius 1 is 1.14 bits per heavy atom. The lowest BCUT2D eigenvalue weighted by Crippen LogP contribution is -2.29. The van der Waals surface area contributed by atoms with Crippen molar-refractivity contribution in [2.75, 3.05) is 0 Å². The van der Waals surface area contributed by atoms with Crippen LogP contribution in [0.25, 0.3) is 0 Å². The van der Waals surface area contributed by atoms with Crippen molar-refractivity contribution in [1.29, 1.82) is 0 Å². The molecule has 0 fully saturated rings. The highest BCUT2D eigenvalue weighted by molar-refractivity contribution is 7.12. The van der Waals surface area contributed by atoms with Crippen LogP contribution in [0.15, 0.2) is 0 Å². The molecular formula is C15H21N3OS2. The first-order chi connectivity index (χ1) is 9.90. The van der Waals surface area contributed by atoms with Crippen molar-refractivity contribution in [3.8, 4) is 0 Å². The monoisotopic (exact) mass is 323 g/mol. The standard InChI is InChI=1S/C15H21N3OS2/c1-6-12(15-16-8(2)9(3)21-15)18-14(19)7-13-10(4)20-11(5)17-13/h12H,6-7H2,1-5H3,(H,18,19)/t12-/m0/s1. The van der Waals surface area contributed by atoms with Gasteiger partial charge in [0, 0.05) is 9.75 Å². The molecule has 6 heteroatoms. The van der Waals surface area contributed by atoms with Gasteiger partial charge in [0.25, 0.3) is 0 Å². The molecule has 2 aromatic heterocycles. The third-order valence-electron chi connectivity index (χ3n) is 3.41. The minimum absolute atomic E-state index is 0.00469. The van der Waals surface area contributed by atoms with Crippen LogP contribution in [-0.4, -0.2) is 15.9 Å². The molecule has 2 aromatic rings. The van der Waals surface area contributed by atoms with Gasteiger partial charge in [0.15, 0.2) is 0 Å². The molecule has 2 heterocycles. The lowest BCUT2D eigenvalue weighted by Gasteiger charge is -2.14. The van der Waals surface area contributed by atoms with Gasteiger partial charge in [-0.3, -0.25) is 4.79 Å². The zero-order valence-electron chi connectivity index (χ0n) is 13.1. The Hall–Kier alpha value is -1.27. The van der Waals surface area contributed by atoms with Crippen molar-refractivity contribution < 1.29 is 4.79 Å². The van der Waals surface area contributed by atoms with Gasteiger partial charge in [-0.25, -0.2) is 9.97 Å². The number of aromatic nitrogens is 2. The largest absolute Gasteiger partial charge is 0.347 e. The molecule has 0 aliphatic rings. The molecule has 114 valence electrons. The Morgan fingerprint density at radius 2 is 1.86 bits per heavy atom. The minimum atomic E-state index is -0.00469. The van der Waals surface area contributed by atoms with E-state index in [0.717, 1.165) is 32.7 Å². The number of rotatable bonds is 5. The summed E-state index contributed by atoms with van der Waals surface area (Å²) in [6.07, 6.45) is 1.18. The van der Waals surface area contributed by atoms with Crippen LogP contribution in [-0.2, 0) is 11.2 Å². The quantitative estimate of drug-likeness (QED) is 0.914. The first kappa shape index (κ1) is 16.1. The Bertz CT molecular complexity index is 626. The average Bonchev–Trinajstić information content (AvgIpc) is 2.90. The molecule has 0 spiro atoms. The summed E-state index contributed by atoms with van der Waals surface area (Å²) >= 11 is 3.30. The third kappa shape index (κ3) is 3.89. The smallest absolute Gasteiger partial charge is 0.226 e. The number of aryl methyl sites for hydroxylation is 4. The van der Waals surface area contributed by atoms with Gasteiger partial charge in [0.2, 0.25) is 5.91 Å². The van der Waals surface area contributed by atoms with E-state index in [4.69, 9.17) is 0 Å². The Labute approximate surface area is 133 Å². The first-order valence-electron chi connectivity index (χ1n) is 7.06. The molecule has 0 unspecified atom stereocenters. The molecule has 0 aromatic carbocycles. The van der Waals surface area contributed by atoms with E-state index in [2.05, 4.69) is 29.1 Å². The second kappa shape index (κ2) is 6.66. The van der Waals surface area contributed by atoms with Crippen molar-refractivity contribution >= 4 is 28.6 Å². The summed E-state index contributed by atoms with van der Waals surface area (Å²) < 4.78 is 0. The second-order valence-corrected chi connectivity index (χ2v) is 7.78. The van der Waals surface area contributed by atoms with Crippen LogP contribution >= 0.6 is 22.7 Å². The van der Waals surface area contributed by atoms with E-state index in [0.29, 0.717) is 6.42 Å². The van der Waals surface area contributed by atoms with E-state index >= 15 is 0 Å². The molecule has 0 aliphatic heterocycles. The summed E-state index contributed by atoms with van der Waals surface area (Å²) in [6.45, 7) is 10.1. The predicted octanol–water partition coefficient (Wildman–Crippen LogP) is 3.64. The van der Waals surface area contributed by atoms with Gasteiger partial charge in [-0.1, -0.05) is 6.92 Å². The van der Waals surface area contributed by atoms with Crippen molar-refractivity contribution in [3.05, 3.63) is 31.2 Å². The van der Waals surface area contributed by atoms with Crippen molar-refractivity contribution in [2.45, 2.75) is 53.5 Å². The van der Waals surface area contributed by atoms with E-state index < -0.39 is 0 Å². The molecule has 0 bridgehead atoms. The van der Waals surface area contributed by atoms with Crippen molar-refractivity contribution in [3.63, 3.8) is 0 Å². The highest BCUT2D eigenvalue weighted by Gasteiger charge is 2.18. The molecule has 2 rings (SSSR count). The normalized spacial score (nSPS) is 12.4. The van der Waals surface area contributed by atoms with Gasteiger partial charge in [-0.05, 0) is 34.1 Å². The first-order valence-corrected chi connectivity index (χ1v) is 8.70. The fourth-order valence-corrected chi connectivity index (χ4v) is 4.01. The molecule has 1 N–H and O–H groups in total. The maximum atomic E-state index is 12.2. The molecule has 4 nitrogen and oxygen atoms in total. The molecule has 0 saturated heterocycles. The number of hydrogen-bond donors (Lipinski definition) is 1. The summed E-state index contributed by atoms with van der Waals surface area (Å²) in [7, 11) is 0. The zero-order valence-corrected chi connectivity index (χ0v) is 14.7. The van der Waals surface area contributed by atoms with E-state index in [1.54, 1.807) is 22.7 Å². The summed E-state index contributed by atoms with van der Waals surface area (Å²) in [6, 6.07) is -0.00469. The minimum Gasteiger partial charge on any atom is -0.347 e. The van der Waals surface area contributed by atoms with Crippen LogP contribution in [0, 0.1) is 27.7 Å². The molecular weight excluding hydrogens is 302 g/mol. The number of thiazole rings is 2. The van der Waals surface area contributed by atoms with Gasteiger partial charge in [0.1, 0.15) is 5.01 Å². The van der Waals surface area contributed by atoms with Crippen LogP contribution < -0.4 is 5.32 Å². The third-order valence-corrected chi connectivity index (χ3v) is 5.53. The van der Waals surface area contributed by atoms with Gasteiger partial charge in [0.05, 0.1) is 28.9 Å². The van der Waals surface area contributed by atoms with Crippen LogP contribution in [0.5, 0.6) is 0 Å². The highest BCUT2D eigenvalue weighted by atomic mass is 32.1. The summed E-state index contributed by atoms with van der Waals surface area (Å²) in [5.74, 6) is 0.0146. The van der Waals surface area contributed by atoms with E-state index in [1.165, 1.54) is 4.88 Å². The van der Waals surface area contributed by atoms with Gasteiger partial charge >= 0.3 is 0 Å². The molecule has 0 aliphatic carbocycles. The molecule has 1 atom stereocenters.